The van der Waals surface area contributed by atoms with Crippen molar-refractivity contribution in [3.05, 3.63) is 53.6 Å². The minimum atomic E-state index is -2.40. The van der Waals surface area contributed by atoms with Gasteiger partial charge in [0.05, 0.1) is 58.7 Å². The normalized spacial score (nSPS) is 28.8. The fourth-order valence-corrected chi connectivity index (χ4v) is 12.8. The Morgan fingerprint density at radius 2 is 1.80 bits per heavy atom. The molecular weight excluding hydrogens is 572 g/mol. The van der Waals surface area contributed by atoms with E-state index in [1.807, 2.05) is 34.1 Å². The molecule has 2 aromatic rings. The number of amides is 2. The number of allylic oxidation sites excluding steroid dienone is 1. The van der Waals surface area contributed by atoms with Gasteiger partial charge in [-0.25, -0.2) is 0 Å². The van der Waals surface area contributed by atoms with Crippen LogP contribution in [0.3, 0.4) is 0 Å². The lowest BCUT2D eigenvalue weighted by atomic mass is 9.81. The van der Waals surface area contributed by atoms with Gasteiger partial charge >= 0.3 is 0 Å². The molecule has 5 atom stereocenters. The van der Waals surface area contributed by atoms with Crippen molar-refractivity contribution < 1.29 is 28.9 Å². The van der Waals surface area contributed by atoms with Crippen LogP contribution < -0.4 is 19.6 Å². The number of carbonyl (C=O) groups is 2. The van der Waals surface area contributed by atoms with E-state index in [9.17, 15) is 9.90 Å². The second-order valence-corrected chi connectivity index (χ2v) is 18.8. The molecular formula is C35H46N2O6Si. The number of hydrogen-bond donors (Lipinski definition) is 1. The summed E-state index contributed by atoms with van der Waals surface area (Å²) in [7, 11) is 0.912. The van der Waals surface area contributed by atoms with Crippen molar-refractivity contribution in [1.29, 1.82) is 0 Å². The number of nitrogens with zero attached hydrogens (tertiary/aromatic N) is 2. The van der Waals surface area contributed by atoms with Crippen LogP contribution in [0.4, 0.5) is 5.69 Å². The molecule has 4 aliphatic heterocycles. The molecule has 0 aromatic heterocycles. The van der Waals surface area contributed by atoms with Gasteiger partial charge in [-0.05, 0) is 69.0 Å². The molecule has 1 spiro atoms. The summed E-state index contributed by atoms with van der Waals surface area (Å²) in [6.45, 7) is 13.6. The number of anilines is 1. The first-order valence-electron chi connectivity index (χ1n) is 15.8. The number of fused-ring (bicyclic) bond motifs is 1. The lowest BCUT2D eigenvalue weighted by Gasteiger charge is -2.40. The summed E-state index contributed by atoms with van der Waals surface area (Å²) in [6.07, 6.45) is 3.51. The monoisotopic (exact) mass is 618 g/mol. The molecule has 2 fully saturated rings. The summed E-state index contributed by atoms with van der Waals surface area (Å²) in [5.41, 5.74) is 1.92. The van der Waals surface area contributed by atoms with E-state index in [1.165, 1.54) is 5.19 Å². The number of aliphatic hydroxyl groups is 1. The Labute approximate surface area is 262 Å². The number of methoxy groups -OCH3 is 2. The van der Waals surface area contributed by atoms with Crippen LogP contribution in [0.1, 0.15) is 58.1 Å². The summed E-state index contributed by atoms with van der Waals surface area (Å²) >= 11 is 0. The van der Waals surface area contributed by atoms with Gasteiger partial charge in [-0.3, -0.25) is 14.5 Å². The zero-order chi connectivity index (χ0) is 31.8. The third-order valence-corrected chi connectivity index (χ3v) is 15.3. The Morgan fingerprint density at radius 1 is 1.11 bits per heavy atom. The fraction of sp³-hybridized carbons (Fsp3) is 0.543. The molecule has 1 N–H and O–H groups in total. The van der Waals surface area contributed by atoms with E-state index in [2.05, 4.69) is 59.0 Å². The SMILES string of the molecule is COc1ccc([Si](C)(C)[C@@H]2[C@@H](CC(=O)N3CCC[C@H]3CO)O[C@]3(C(=O)N4c5c(cc(OC)cc53)C(C)=CC4(C)C)[C@H]2C)cc1. The van der Waals surface area contributed by atoms with Crippen molar-refractivity contribution in [3.8, 4) is 11.5 Å². The zero-order valence-electron chi connectivity index (χ0n) is 27.3. The van der Waals surface area contributed by atoms with Gasteiger partial charge in [-0.2, -0.15) is 0 Å². The van der Waals surface area contributed by atoms with Crippen LogP contribution in [0.5, 0.6) is 11.5 Å². The fourth-order valence-electron chi connectivity index (χ4n) is 8.82. The maximum atomic E-state index is 15.0. The van der Waals surface area contributed by atoms with E-state index in [-0.39, 0.29) is 42.3 Å². The number of likely N-dealkylation sites (tertiary alicyclic amines) is 1. The number of ether oxygens (including phenoxy) is 3. The Morgan fingerprint density at radius 3 is 2.43 bits per heavy atom. The number of benzene rings is 2. The number of aliphatic hydroxyl groups excluding tert-OH is 1. The Hall–Kier alpha value is -3.14. The Kier molecular flexibility index (Phi) is 7.53. The van der Waals surface area contributed by atoms with Crippen LogP contribution in [0.15, 0.2) is 42.5 Å². The van der Waals surface area contributed by atoms with Gasteiger partial charge in [0, 0.05) is 23.6 Å². The van der Waals surface area contributed by atoms with E-state index in [0.717, 1.165) is 41.0 Å². The summed E-state index contributed by atoms with van der Waals surface area (Å²) in [5.74, 6) is 1.16. The second-order valence-electron chi connectivity index (χ2n) is 14.1. The van der Waals surface area contributed by atoms with Gasteiger partial charge in [-0.15, -0.1) is 0 Å². The first kappa shape index (κ1) is 30.9. The van der Waals surface area contributed by atoms with E-state index in [4.69, 9.17) is 14.2 Å². The molecule has 0 bridgehead atoms. The lowest BCUT2D eigenvalue weighted by Crippen LogP contribution is -2.54. The Bertz CT molecular complexity index is 1520. The van der Waals surface area contributed by atoms with Gasteiger partial charge < -0.3 is 24.2 Å². The van der Waals surface area contributed by atoms with Crippen molar-refractivity contribution in [2.45, 2.75) is 88.9 Å². The van der Waals surface area contributed by atoms with Crippen molar-refractivity contribution in [3.63, 3.8) is 0 Å². The molecule has 0 radical (unpaired) electrons. The third kappa shape index (κ3) is 4.37. The number of hydrogen-bond acceptors (Lipinski definition) is 6. The highest BCUT2D eigenvalue weighted by Crippen LogP contribution is 2.63. The third-order valence-electron chi connectivity index (χ3n) is 10.9. The molecule has 0 saturated carbocycles. The van der Waals surface area contributed by atoms with E-state index in [0.29, 0.717) is 12.3 Å². The van der Waals surface area contributed by atoms with Crippen LogP contribution in [0, 0.1) is 5.92 Å². The van der Waals surface area contributed by atoms with Crippen LogP contribution in [-0.2, 0) is 19.9 Å². The zero-order valence-corrected chi connectivity index (χ0v) is 28.3. The minimum absolute atomic E-state index is 0.0173. The average molecular weight is 619 g/mol. The molecule has 44 heavy (non-hydrogen) atoms. The standard InChI is InChI=1S/C35H46N2O6Si/c1-21-19-34(3,4)37-31-27(21)16-25(42-6)17-28(31)35(33(37)40)22(2)32(44(7,8)26-13-11-24(41-5)12-14-26)29(43-35)18-30(39)36-15-9-10-23(36)20-38/h11-14,16-17,19,22-23,29,32,38H,9-10,15,18,20H2,1-8H3/t22-,23-,29+,32-,35+/m0/s1. The largest absolute Gasteiger partial charge is 0.497 e. The summed E-state index contributed by atoms with van der Waals surface area (Å²) in [4.78, 5) is 32.7. The average Bonchev–Trinajstić information content (AvgIpc) is 3.66. The van der Waals surface area contributed by atoms with Gasteiger partial charge in [0.1, 0.15) is 11.5 Å². The smallest absolute Gasteiger partial charge is 0.265 e. The van der Waals surface area contributed by atoms with Gasteiger partial charge in [0.2, 0.25) is 5.91 Å². The number of carbonyl (C=O) groups excluding carboxylic acids is 2. The minimum Gasteiger partial charge on any atom is -0.497 e. The lowest BCUT2D eigenvalue weighted by molar-refractivity contribution is -0.150. The highest BCUT2D eigenvalue weighted by atomic mass is 28.3. The number of rotatable bonds is 7. The molecule has 4 aliphatic rings. The molecule has 4 heterocycles. The second kappa shape index (κ2) is 10.7. The topological polar surface area (TPSA) is 88.5 Å². The summed E-state index contributed by atoms with van der Waals surface area (Å²) < 4.78 is 18.4. The molecule has 0 aliphatic carbocycles. The maximum absolute atomic E-state index is 15.0. The van der Waals surface area contributed by atoms with Crippen molar-refractivity contribution in [1.82, 2.24) is 4.90 Å². The quantitative estimate of drug-likeness (QED) is 0.447. The predicted molar refractivity (Wildman–Crippen MR) is 174 cm³/mol. The van der Waals surface area contributed by atoms with E-state index < -0.39 is 25.3 Å². The summed E-state index contributed by atoms with van der Waals surface area (Å²) in [6, 6.07) is 12.1. The van der Waals surface area contributed by atoms with Crippen molar-refractivity contribution >= 4 is 36.3 Å². The van der Waals surface area contributed by atoms with Gasteiger partial charge in [0.15, 0.2) is 5.60 Å². The first-order valence-corrected chi connectivity index (χ1v) is 18.9. The van der Waals surface area contributed by atoms with Crippen LogP contribution >= 0.6 is 0 Å². The van der Waals surface area contributed by atoms with E-state index in [1.54, 1.807) is 14.2 Å². The van der Waals surface area contributed by atoms with Crippen LogP contribution in [0.2, 0.25) is 18.6 Å². The Balaban J connectivity index is 1.51. The molecule has 8 nitrogen and oxygen atoms in total. The molecule has 0 unspecified atom stereocenters. The van der Waals surface area contributed by atoms with Gasteiger partial charge in [-0.1, -0.05) is 43.4 Å². The summed E-state index contributed by atoms with van der Waals surface area (Å²) in [5, 5.41) is 11.2. The highest BCUT2D eigenvalue weighted by molar-refractivity contribution is 6.91. The molecule has 2 saturated heterocycles. The highest BCUT2D eigenvalue weighted by Gasteiger charge is 2.68. The molecule has 236 valence electrons. The molecule has 6 rings (SSSR count). The van der Waals surface area contributed by atoms with Crippen LogP contribution in [-0.4, -0.2) is 75.0 Å². The van der Waals surface area contributed by atoms with Gasteiger partial charge in [0.25, 0.3) is 5.91 Å². The maximum Gasteiger partial charge on any atom is 0.265 e. The van der Waals surface area contributed by atoms with E-state index >= 15 is 4.79 Å². The van der Waals surface area contributed by atoms with Crippen molar-refractivity contribution in [2.75, 3.05) is 32.3 Å². The van der Waals surface area contributed by atoms with Crippen LogP contribution in [0.25, 0.3) is 5.57 Å². The molecule has 2 amide bonds. The van der Waals surface area contributed by atoms with Crippen molar-refractivity contribution in [2.24, 2.45) is 5.92 Å². The molecule has 9 heteroatoms. The molecule has 2 aromatic carbocycles. The predicted octanol–water partition coefficient (Wildman–Crippen LogP) is 4.84. The first-order chi connectivity index (χ1) is 20.8.